The molecule has 0 aliphatic carbocycles. The number of pyridine rings is 1. The van der Waals surface area contributed by atoms with Gasteiger partial charge < -0.3 is 5.32 Å². The number of nitrogens with zero attached hydrogens (tertiary/aromatic N) is 5. The van der Waals surface area contributed by atoms with Crippen molar-refractivity contribution < 1.29 is 9.18 Å². The lowest BCUT2D eigenvalue weighted by molar-refractivity contribution is 0.102. The van der Waals surface area contributed by atoms with Crippen molar-refractivity contribution in [1.82, 2.24) is 24.5 Å². The SMILES string of the molecule is CCn1cc(-c2cc(C(=O)Nc3nn(Cc4c(F)cccc4Cl)cc3Cl)c3ccccc3n2)c(C)n1. The third-order valence-electron chi connectivity index (χ3n) is 5.84. The highest BCUT2D eigenvalue weighted by Gasteiger charge is 2.19. The minimum atomic E-state index is -0.447. The summed E-state index contributed by atoms with van der Waals surface area (Å²) >= 11 is 12.5. The molecule has 0 bridgehead atoms. The quantitative estimate of drug-likeness (QED) is 0.281. The van der Waals surface area contributed by atoms with Crippen molar-refractivity contribution in [3.8, 4) is 11.3 Å². The molecule has 0 fully saturated rings. The van der Waals surface area contributed by atoms with E-state index in [2.05, 4.69) is 15.5 Å². The molecule has 0 aliphatic heterocycles. The monoisotopic (exact) mass is 522 g/mol. The second-order valence-electron chi connectivity index (χ2n) is 8.23. The van der Waals surface area contributed by atoms with Crippen LogP contribution in [0.2, 0.25) is 10.0 Å². The lowest BCUT2D eigenvalue weighted by Crippen LogP contribution is -2.14. The smallest absolute Gasteiger partial charge is 0.257 e. The van der Waals surface area contributed by atoms with Gasteiger partial charge in [-0.1, -0.05) is 47.5 Å². The molecule has 0 radical (unpaired) electrons. The predicted molar refractivity (Wildman–Crippen MR) is 139 cm³/mol. The summed E-state index contributed by atoms with van der Waals surface area (Å²) in [7, 11) is 0. The third-order valence-corrected chi connectivity index (χ3v) is 6.47. The van der Waals surface area contributed by atoms with Gasteiger partial charge in [-0.15, -0.1) is 0 Å². The topological polar surface area (TPSA) is 77.6 Å². The number of fused-ring (bicyclic) bond motifs is 1. The number of para-hydroxylation sites is 1. The Kier molecular flexibility index (Phi) is 6.47. The van der Waals surface area contributed by atoms with Crippen LogP contribution in [0.5, 0.6) is 0 Å². The maximum absolute atomic E-state index is 14.2. The molecule has 1 N–H and O–H groups in total. The highest BCUT2D eigenvalue weighted by Crippen LogP contribution is 2.29. The highest BCUT2D eigenvalue weighted by atomic mass is 35.5. The molecule has 7 nitrogen and oxygen atoms in total. The van der Waals surface area contributed by atoms with E-state index >= 15 is 0 Å². The average Bonchev–Trinajstić information content (AvgIpc) is 3.42. The molecule has 36 heavy (non-hydrogen) atoms. The molecule has 0 saturated heterocycles. The maximum Gasteiger partial charge on any atom is 0.257 e. The van der Waals surface area contributed by atoms with Crippen LogP contribution in [0.25, 0.3) is 22.2 Å². The Morgan fingerprint density at radius 1 is 1.03 bits per heavy atom. The van der Waals surface area contributed by atoms with Crippen LogP contribution in [-0.4, -0.2) is 30.5 Å². The van der Waals surface area contributed by atoms with E-state index in [0.717, 1.165) is 17.8 Å². The minimum absolute atomic E-state index is 0.0597. The number of aromatic nitrogens is 5. The van der Waals surface area contributed by atoms with Crippen LogP contribution in [0.4, 0.5) is 10.2 Å². The Morgan fingerprint density at radius 3 is 2.58 bits per heavy atom. The molecular formula is C26H21Cl2FN6O. The molecule has 0 atom stereocenters. The highest BCUT2D eigenvalue weighted by molar-refractivity contribution is 6.33. The van der Waals surface area contributed by atoms with Crippen molar-refractivity contribution in [1.29, 1.82) is 0 Å². The van der Waals surface area contributed by atoms with Crippen molar-refractivity contribution in [2.24, 2.45) is 0 Å². The molecule has 1 amide bonds. The number of amides is 1. The van der Waals surface area contributed by atoms with E-state index in [1.807, 2.05) is 49.0 Å². The number of halogens is 3. The first-order valence-electron chi connectivity index (χ1n) is 11.3. The molecule has 0 saturated carbocycles. The number of anilines is 1. The van der Waals surface area contributed by atoms with Gasteiger partial charge in [-0.25, -0.2) is 9.37 Å². The van der Waals surface area contributed by atoms with Crippen LogP contribution >= 0.6 is 23.2 Å². The van der Waals surface area contributed by atoms with Crippen molar-refractivity contribution in [2.75, 3.05) is 5.32 Å². The van der Waals surface area contributed by atoms with Crippen LogP contribution in [-0.2, 0) is 13.1 Å². The van der Waals surface area contributed by atoms with Gasteiger partial charge >= 0.3 is 0 Å². The van der Waals surface area contributed by atoms with Crippen molar-refractivity contribution >= 4 is 45.8 Å². The molecule has 3 aromatic heterocycles. The van der Waals surface area contributed by atoms with Crippen molar-refractivity contribution in [3.63, 3.8) is 0 Å². The lowest BCUT2D eigenvalue weighted by atomic mass is 10.0. The Bertz CT molecular complexity index is 1590. The summed E-state index contributed by atoms with van der Waals surface area (Å²) in [6.07, 6.45) is 3.43. The van der Waals surface area contributed by atoms with Crippen LogP contribution in [0.1, 0.15) is 28.5 Å². The van der Waals surface area contributed by atoms with Crippen LogP contribution in [0, 0.1) is 12.7 Å². The van der Waals surface area contributed by atoms with Gasteiger partial charge in [0, 0.05) is 40.5 Å². The zero-order valence-electron chi connectivity index (χ0n) is 19.5. The Balaban J connectivity index is 1.49. The van der Waals surface area contributed by atoms with E-state index in [0.29, 0.717) is 22.2 Å². The first kappa shape index (κ1) is 24.0. The number of aryl methyl sites for hydroxylation is 2. The standard InChI is InChI=1S/C26H21Cl2FN6O/c1-3-34-12-18(15(2)32-34)24-11-17(16-7-4-5-10-23(16)30-24)26(36)31-25-21(28)14-35(33-25)13-19-20(27)8-6-9-22(19)29/h4-12,14H,3,13H2,1-2H3,(H,31,33,36). The molecule has 10 heteroatoms. The van der Waals surface area contributed by atoms with Gasteiger partial charge in [0.05, 0.1) is 29.0 Å². The Labute approximate surface area is 216 Å². The minimum Gasteiger partial charge on any atom is -0.304 e. The van der Waals surface area contributed by atoms with E-state index in [9.17, 15) is 9.18 Å². The number of carbonyl (C=O) groups excluding carboxylic acids is 1. The first-order chi connectivity index (χ1) is 17.3. The van der Waals surface area contributed by atoms with Gasteiger partial charge in [-0.3, -0.25) is 14.2 Å². The molecule has 0 aliphatic rings. The van der Waals surface area contributed by atoms with E-state index in [1.165, 1.54) is 23.0 Å². The molecule has 5 rings (SSSR count). The van der Waals surface area contributed by atoms with Crippen LogP contribution < -0.4 is 5.32 Å². The summed E-state index contributed by atoms with van der Waals surface area (Å²) in [5.41, 5.74) is 3.68. The number of benzene rings is 2. The summed E-state index contributed by atoms with van der Waals surface area (Å²) in [6.45, 7) is 4.70. The zero-order valence-corrected chi connectivity index (χ0v) is 21.0. The number of hydrogen-bond donors (Lipinski definition) is 1. The fourth-order valence-electron chi connectivity index (χ4n) is 4.02. The molecule has 0 spiro atoms. The summed E-state index contributed by atoms with van der Waals surface area (Å²) in [5.74, 6) is -0.685. The maximum atomic E-state index is 14.2. The van der Waals surface area contributed by atoms with E-state index in [-0.39, 0.29) is 28.0 Å². The van der Waals surface area contributed by atoms with Crippen LogP contribution in [0.15, 0.2) is 60.9 Å². The van der Waals surface area contributed by atoms with Gasteiger partial charge in [0.2, 0.25) is 0 Å². The second kappa shape index (κ2) is 9.72. The third kappa shape index (κ3) is 4.57. The summed E-state index contributed by atoms with van der Waals surface area (Å²) < 4.78 is 17.5. The van der Waals surface area contributed by atoms with Crippen LogP contribution in [0.3, 0.4) is 0 Å². The number of rotatable bonds is 6. The van der Waals surface area contributed by atoms with E-state index in [1.54, 1.807) is 12.1 Å². The lowest BCUT2D eigenvalue weighted by Gasteiger charge is -2.10. The van der Waals surface area contributed by atoms with Gasteiger partial charge in [-0.05, 0) is 38.1 Å². The van der Waals surface area contributed by atoms with Crippen molar-refractivity contribution in [2.45, 2.75) is 26.9 Å². The summed E-state index contributed by atoms with van der Waals surface area (Å²) in [5, 5.41) is 12.8. The fraction of sp³-hybridized carbons (Fsp3) is 0.154. The van der Waals surface area contributed by atoms with E-state index in [4.69, 9.17) is 28.2 Å². The summed E-state index contributed by atoms with van der Waals surface area (Å²) in [4.78, 5) is 18.2. The summed E-state index contributed by atoms with van der Waals surface area (Å²) in [6, 6.07) is 13.6. The average molecular weight is 523 g/mol. The molecular weight excluding hydrogens is 502 g/mol. The second-order valence-corrected chi connectivity index (χ2v) is 9.05. The molecule has 182 valence electrons. The predicted octanol–water partition coefficient (Wildman–Crippen LogP) is 6.37. The largest absolute Gasteiger partial charge is 0.304 e. The number of hydrogen-bond acceptors (Lipinski definition) is 4. The zero-order chi connectivity index (χ0) is 25.4. The Hall–Kier alpha value is -3.75. The molecule has 2 aromatic carbocycles. The fourth-order valence-corrected chi connectivity index (χ4v) is 4.44. The Morgan fingerprint density at radius 2 is 1.83 bits per heavy atom. The molecule has 0 unspecified atom stereocenters. The van der Waals surface area contributed by atoms with E-state index < -0.39 is 11.7 Å². The first-order valence-corrected chi connectivity index (χ1v) is 12.0. The van der Waals surface area contributed by atoms with Gasteiger partial charge in [0.15, 0.2) is 5.82 Å². The molecule has 5 aromatic rings. The number of nitrogens with one attached hydrogen (secondary N) is 1. The van der Waals surface area contributed by atoms with Gasteiger partial charge in [0.25, 0.3) is 5.91 Å². The number of carbonyl (C=O) groups is 1. The molecule has 3 heterocycles. The van der Waals surface area contributed by atoms with Crippen molar-refractivity contribution in [3.05, 3.63) is 93.6 Å². The van der Waals surface area contributed by atoms with Gasteiger partial charge in [0.1, 0.15) is 10.8 Å². The van der Waals surface area contributed by atoms with Gasteiger partial charge in [-0.2, -0.15) is 10.2 Å². The normalized spacial score (nSPS) is 11.2.